The molecule has 0 aliphatic heterocycles. The van der Waals surface area contributed by atoms with Crippen LogP contribution in [-0.4, -0.2) is 17.6 Å². The molecule has 0 aromatic heterocycles. The van der Waals surface area contributed by atoms with Crippen LogP contribution in [0.15, 0.2) is 0 Å². The van der Waals surface area contributed by atoms with Gasteiger partial charge in [0, 0.05) is 18.4 Å². The van der Waals surface area contributed by atoms with E-state index in [2.05, 4.69) is 0 Å². The predicted molar refractivity (Wildman–Crippen MR) is 34.4 cm³/mol. The van der Waals surface area contributed by atoms with Crippen LogP contribution in [0.4, 0.5) is 0 Å². The summed E-state index contributed by atoms with van der Waals surface area (Å²) in [6.45, 7) is 3.31. The number of aliphatic hydroxyl groups is 1. The van der Waals surface area contributed by atoms with Crippen molar-refractivity contribution in [2.24, 2.45) is 11.7 Å². The minimum Gasteiger partial charge on any atom is -0.396 e. The molecule has 0 aromatic carbocycles. The first-order valence-corrected chi connectivity index (χ1v) is 2.82. The third kappa shape index (κ3) is 2.46. The van der Waals surface area contributed by atoms with Crippen LogP contribution >= 0.6 is 0 Å². The summed E-state index contributed by atoms with van der Waals surface area (Å²) < 4.78 is 0. The predicted octanol–water partition coefficient (Wildman–Crippen LogP) is -0.306. The summed E-state index contributed by atoms with van der Waals surface area (Å²) in [4.78, 5) is 10.4. The summed E-state index contributed by atoms with van der Waals surface area (Å²) >= 11 is 0. The molecular formula is C6H12NO2. The van der Waals surface area contributed by atoms with Gasteiger partial charge in [0.25, 0.3) is 0 Å². The molecule has 3 nitrogen and oxygen atoms in total. The number of carbonyl (C=O) groups is 1. The fourth-order valence-electron chi connectivity index (χ4n) is 0.380. The van der Waals surface area contributed by atoms with Crippen molar-refractivity contribution in [3.63, 3.8) is 0 Å². The van der Waals surface area contributed by atoms with Gasteiger partial charge in [-0.25, -0.2) is 0 Å². The summed E-state index contributed by atoms with van der Waals surface area (Å²) in [5.74, 6) is 0.0130. The van der Waals surface area contributed by atoms with Gasteiger partial charge in [0.1, 0.15) is 0 Å². The maximum atomic E-state index is 10.4. The minimum absolute atomic E-state index is 0.0654. The van der Waals surface area contributed by atoms with Crippen LogP contribution in [0.3, 0.4) is 0 Å². The van der Waals surface area contributed by atoms with Gasteiger partial charge in [-0.1, -0.05) is 13.8 Å². The van der Waals surface area contributed by atoms with E-state index >= 15 is 0 Å². The number of rotatable bonds is 3. The first-order chi connectivity index (χ1) is 4.09. The lowest BCUT2D eigenvalue weighted by molar-refractivity contribution is -0.121. The van der Waals surface area contributed by atoms with Crippen LogP contribution in [0, 0.1) is 11.8 Å². The van der Waals surface area contributed by atoms with Crippen LogP contribution in [0.5, 0.6) is 0 Å². The lowest BCUT2D eigenvalue weighted by Crippen LogP contribution is -2.26. The van der Waals surface area contributed by atoms with E-state index in [0.29, 0.717) is 5.92 Å². The van der Waals surface area contributed by atoms with E-state index in [9.17, 15) is 4.79 Å². The molecule has 0 aromatic rings. The Morgan fingerprint density at radius 1 is 1.78 bits per heavy atom. The molecule has 0 fully saturated rings. The second-order valence-electron chi connectivity index (χ2n) is 2.13. The summed E-state index contributed by atoms with van der Waals surface area (Å²) in [5.41, 5.74) is 4.94. The fraction of sp³-hybridized carbons (Fsp3) is 0.667. The molecule has 0 bridgehead atoms. The lowest BCUT2D eigenvalue weighted by Gasteiger charge is -2.11. The molecule has 1 atom stereocenters. The Morgan fingerprint density at radius 3 is 2.33 bits per heavy atom. The van der Waals surface area contributed by atoms with Crippen molar-refractivity contribution in [3.05, 3.63) is 5.92 Å². The Hall–Kier alpha value is -0.570. The third-order valence-electron chi connectivity index (χ3n) is 1.42. The molecule has 0 spiro atoms. The topological polar surface area (TPSA) is 63.3 Å². The number of carbonyl (C=O) groups excluding carboxylic acids is 1. The number of amides is 1. The lowest BCUT2D eigenvalue weighted by atomic mass is 9.97. The third-order valence-corrected chi connectivity index (χ3v) is 1.42. The second kappa shape index (κ2) is 3.45. The maximum Gasteiger partial charge on any atom is 0.220 e. The van der Waals surface area contributed by atoms with Crippen molar-refractivity contribution < 1.29 is 9.90 Å². The van der Waals surface area contributed by atoms with Gasteiger partial charge in [0.2, 0.25) is 5.91 Å². The molecule has 9 heavy (non-hydrogen) atoms. The normalized spacial score (nSPS) is 13.8. The molecule has 0 aliphatic carbocycles. The molecule has 53 valence electrons. The molecule has 0 rings (SSSR count). The molecule has 0 unspecified atom stereocenters. The average Bonchev–Trinajstić information content (AvgIpc) is 1.84. The zero-order chi connectivity index (χ0) is 7.44. The first kappa shape index (κ1) is 8.43. The zero-order valence-corrected chi connectivity index (χ0v) is 5.72. The number of hydrogen-bond donors (Lipinski definition) is 2. The number of nitrogens with two attached hydrogens (primary N) is 1. The van der Waals surface area contributed by atoms with E-state index in [1.807, 2.05) is 0 Å². The van der Waals surface area contributed by atoms with E-state index in [1.54, 1.807) is 13.8 Å². The summed E-state index contributed by atoms with van der Waals surface area (Å²) in [6, 6.07) is 0. The van der Waals surface area contributed by atoms with Crippen LogP contribution in [0.25, 0.3) is 0 Å². The monoisotopic (exact) mass is 130 g/mol. The summed E-state index contributed by atoms with van der Waals surface area (Å²) in [7, 11) is 0. The maximum absolute atomic E-state index is 10.4. The van der Waals surface area contributed by atoms with Crippen molar-refractivity contribution in [1.29, 1.82) is 0 Å². The Labute approximate surface area is 54.9 Å². The largest absolute Gasteiger partial charge is 0.396 e. The molecule has 0 saturated carbocycles. The number of aliphatic hydroxyl groups excluding tert-OH is 1. The van der Waals surface area contributed by atoms with Crippen LogP contribution in [0.1, 0.15) is 13.8 Å². The highest BCUT2D eigenvalue weighted by atomic mass is 16.3. The van der Waals surface area contributed by atoms with Gasteiger partial charge in [-0.3, -0.25) is 4.79 Å². The highest BCUT2D eigenvalue weighted by Crippen LogP contribution is 2.10. The molecule has 3 heteroatoms. The quantitative estimate of drug-likeness (QED) is 0.550. The van der Waals surface area contributed by atoms with Gasteiger partial charge in [0.05, 0.1) is 0 Å². The highest BCUT2D eigenvalue weighted by Gasteiger charge is 2.16. The molecule has 0 aliphatic rings. The van der Waals surface area contributed by atoms with E-state index in [4.69, 9.17) is 10.8 Å². The van der Waals surface area contributed by atoms with E-state index in [0.717, 1.165) is 0 Å². The van der Waals surface area contributed by atoms with Gasteiger partial charge in [-0.05, 0) is 0 Å². The first-order valence-electron chi connectivity index (χ1n) is 2.82. The number of hydrogen-bond acceptors (Lipinski definition) is 2. The summed E-state index contributed by atoms with van der Waals surface area (Å²) in [5, 5.41) is 8.51. The summed E-state index contributed by atoms with van der Waals surface area (Å²) in [6.07, 6.45) is 0. The van der Waals surface area contributed by atoms with Gasteiger partial charge < -0.3 is 10.8 Å². The van der Waals surface area contributed by atoms with E-state index in [1.165, 1.54) is 0 Å². The average molecular weight is 130 g/mol. The molecule has 1 amide bonds. The van der Waals surface area contributed by atoms with Gasteiger partial charge in [-0.15, -0.1) is 0 Å². The second-order valence-corrected chi connectivity index (χ2v) is 2.13. The number of primary amides is 1. The molecule has 0 saturated heterocycles. The van der Waals surface area contributed by atoms with Crippen molar-refractivity contribution >= 4 is 5.91 Å². The zero-order valence-electron chi connectivity index (χ0n) is 5.72. The molecular weight excluding hydrogens is 118 g/mol. The standard InChI is InChI=1S/C6H12NO2/c1-4(3-8)5(2)6(7)9/h5,8H,3H2,1-2H3,(H2,7,9)/t5-/m1/s1. The molecule has 0 heterocycles. The van der Waals surface area contributed by atoms with Crippen LogP contribution in [0.2, 0.25) is 0 Å². The Balaban J connectivity index is 3.72. The van der Waals surface area contributed by atoms with Crippen molar-refractivity contribution in [2.45, 2.75) is 13.8 Å². The smallest absolute Gasteiger partial charge is 0.220 e. The molecule has 1 radical (unpaired) electrons. The van der Waals surface area contributed by atoms with Crippen molar-refractivity contribution in [3.8, 4) is 0 Å². The van der Waals surface area contributed by atoms with Crippen LogP contribution < -0.4 is 5.73 Å². The van der Waals surface area contributed by atoms with E-state index < -0.39 is 0 Å². The van der Waals surface area contributed by atoms with Gasteiger partial charge in [-0.2, -0.15) is 0 Å². The Kier molecular flexibility index (Phi) is 3.24. The highest BCUT2D eigenvalue weighted by molar-refractivity contribution is 5.78. The SMILES string of the molecule is C[C](CO)[C@@H](C)C(N)=O. The Bertz CT molecular complexity index is 103. The van der Waals surface area contributed by atoms with Crippen molar-refractivity contribution in [1.82, 2.24) is 0 Å². The Morgan fingerprint density at radius 2 is 2.22 bits per heavy atom. The van der Waals surface area contributed by atoms with Crippen LogP contribution in [-0.2, 0) is 4.79 Å². The molecule has 3 N–H and O–H groups in total. The minimum atomic E-state index is -0.387. The fourth-order valence-corrected chi connectivity index (χ4v) is 0.380. The van der Waals surface area contributed by atoms with E-state index in [-0.39, 0.29) is 18.4 Å². The van der Waals surface area contributed by atoms with Crippen molar-refractivity contribution in [2.75, 3.05) is 6.61 Å². The van der Waals surface area contributed by atoms with Gasteiger partial charge >= 0.3 is 0 Å². The van der Waals surface area contributed by atoms with Gasteiger partial charge in [0.15, 0.2) is 0 Å².